The van der Waals surface area contributed by atoms with Gasteiger partial charge in [-0.3, -0.25) is 4.57 Å². The van der Waals surface area contributed by atoms with Gasteiger partial charge in [-0.05, 0) is 48.5 Å². The van der Waals surface area contributed by atoms with E-state index >= 15 is 0 Å². The summed E-state index contributed by atoms with van der Waals surface area (Å²) in [5.74, 6) is 2.31. The molecule has 12 rings (SSSR count). The van der Waals surface area contributed by atoms with Gasteiger partial charge in [-0.15, -0.1) is 0 Å². The predicted octanol–water partition coefficient (Wildman–Crippen LogP) is 12.2. The number of nitrogens with zero attached hydrogens (tertiary/aromatic N) is 6. The molecule has 0 saturated heterocycles. The molecule has 0 spiro atoms. The maximum absolute atomic E-state index is 6.53. The van der Waals surface area contributed by atoms with Crippen LogP contribution < -0.4 is 0 Å². The predicted molar refractivity (Wildman–Crippen MR) is 226 cm³/mol. The number of hydrogen-bond donors (Lipinski definition) is 0. The van der Waals surface area contributed by atoms with Crippen molar-refractivity contribution in [1.29, 1.82) is 0 Å². The fourth-order valence-corrected chi connectivity index (χ4v) is 8.06. The van der Waals surface area contributed by atoms with Gasteiger partial charge in [0.05, 0.1) is 11.0 Å². The lowest BCUT2D eigenvalue weighted by Gasteiger charge is -2.11. The summed E-state index contributed by atoms with van der Waals surface area (Å²) in [7, 11) is 0. The van der Waals surface area contributed by atoms with E-state index in [4.69, 9.17) is 33.8 Å². The van der Waals surface area contributed by atoms with Gasteiger partial charge in [-0.1, -0.05) is 121 Å². The van der Waals surface area contributed by atoms with E-state index in [-0.39, 0.29) is 0 Å². The molecule has 0 atom stereocenters. The number of benzene rings is 7. The number of fused-ring (bicyclic) bond motifs is 9. The van der Waals surface area contributed by atoms with Gasteiger partial charge in [-0.2, -0.15) is 9.97 Å². The highest BCUT2D eigenvalue weighted by atomic mass is 16.3. The molecular weight excluding hydrogens is 705 g/mol. The summed E-state index contributed by atoms with van der Waals surface area (Å²) in [4.78, 5) is 25.6. The van der Waals surface area contributed by atoms with Gasteiger partial charge in [-0.25, -0.2) is 15.0 Å². The van der Waals surface area contributed by atoms with Crippen molar-refractivity contribution in [3.8, 4) is 51.4 Å². The van der Waals surface area contributed by atoms with Gasteiger partial charge in [0.1, 0.15) is 28.0 Å². The second-order valence-electron chi connectivity index (χ2n) is 14.1. The number of para-hydroxylation sites is 4. The van der Waals surface area contributed by atoms with E-state index in [1.807, 2.05) is 121 Å². The number of aromatic nitrogens is 6. The van der Waals surface area contributed by atoms with E-state index in [0.29, 0.717) is 34.7 Å². The van der Waals surface area contributed by atoms with Crippen molar-refractivity contribution in [2.75, 3.05) is 0 Å². The maximum atomic E-state index is 6.53. The fourth-order valence-electron chi connectivity index (χ4n) is 8.06. The van der Waals surface area contributed by atoms with Crippen molar-refractivity contribution < 1.29 is 8.83 Å². The minimum absolute atomic E-state index is 0.533. The zero-order valence-electron chi connectivity index (χ0n) is 30.2. The smallest absolute Gasteiger partial charge is 0.238 e. The Bertz CT molecular complexity index is 3470. The van der Waals surface area contributed by atoms with Crippen molar-refractivity contribution in [3.63, 3.8) is 0 Å². The second kappa shape index (κ2) is 12.3. The highest BCUT2D eigenvalue weighted by Crippen LogP contribution is 2.41. The molecule has 0 radical (unpaired) electrons. The average Bonchev–Trinajstić information content (AvgIpc) is 3.96. The number of rotatable bonds is 5. The summed E-state index contributed by atoms with van der Waals surface area (Å²) in [6.45, 7) is 0. The van der Waals surface area contributed by atoms with Crippen LogP contribution in [0.1, 0.15) is 0 Å². The summed E-state index contributed by atoms with van der Waals surface area (Å²) in [5.41, 5.74) is 9.81. The Hall–Kier alpha value is -7.97. The summed E-state index contributed by atoms with van der Waals surface area (Å²) < 4.78 is 15.2. The monoisotopic (exact) mass is 732 g/mol. The SMILES string of the molecule is c1ccc(-c2nc(-c3ccccc3)nc(-n3c4ccccc4c4cc(-c5nc(-c6cccc7c6oc6ccccc67)c6oc7ccccc7c6n5)ccc43)n2)cc1. The first-order valence-electron chi connectivity index (χ1n) is 18.8. The Labute approximate surface area is 324 Å². The molecule has 12 aromatic rings. The third kappa shape index (κ3) is 4.91. The number of hydrogen-bond acceptors (Lipinski definition) is 7. The van der Waals surface area contributed by atoms with E-state index in [9.17, 15) is 0 Å². The highest BCUT2D eigenvalue weighted by Gasteiger charge is 2.23. The molecule has 266 valence electrons. The van der Waals surface area contributed by atoms with Crippen LogP contribution in [0.25, 0.3) is 117 Å². The first-order chi connectivity index (χ1) is 28.2. The van der Waals surface area contributed by atoms with Crippen molar-refractivity contribution in [2.24, 2.45) is 0 Å². The Kier molecular flexibility index (Phi) is 6.76. The van der Waals surface area contributed by atoms with E-state index in [0.717, 1.165) is 82.5 Å². The lowest BCUT2D eigenvalue weighted by Crippen LogP contribution is -2.06. The average molecular weight is 733 g/mol. The molecule has 0 N–H and O–H groups in total. The van der Waals surface area contributed by atoms with Crippen molar-refractivity contribution >= 4 is 65.8 Å². The fraction of sp³-hybridized carbons (Fsp3) is 0. The van der Waals surface area contributed by atoms with Crippen LogP contribution in [0.2, 0.25) is 0 Å². The van der Waals surface area contributed by atoms with Gasteiger partial charge >= 0.3 is 0 Å². The molecule has 0 aliphatic carbocycles. The highest BCUT2D eigenvalue weighted by molar-refractivity contribution is 6.14. The molecule has 7 aromatic carbocycles. The molecule has 5 aromatic heterocycles. The molecule has 5 heterocycles. The third-order valence-corrected chi connectivity index (χ3v) is 10.7. The molecule has 0 fully saturated rings. The van der Waals surface area contributed by atoms with Gasteiger partial charge in [0.15, 0.2) is 23.1 Å². The summed E-state index contributed by atoms with van der Waals surface area (Å²) >= 11 is 0. The van der Waals surface area contributed by atoms with Crippen LogP contribution in [-0.4, -0.2) is 29.5 Å². The van der Waals surface area contributed by atoms with Crippen molar-refractivity contribution in [2.45, 2.75) is 0 Å². The van der Waals surface area contributed by atoms with Crippen LogP contribution in [0.15, 0.2) is 179 Å². The zero-order chi connectivity index (χ0) is 37.5. The van der Waals surface area contributed by atoms with Crippen LogP contribution >= 0.6 is 0 Å². The molecule has 0 aliphatic rings. The van der Waals surface area contributed by atoms with Crippen molar-refractivity contribution in [1.82, 2.24) is 29.5 Å². The molecule has 0 aliphatic heterocycles. The van der Waals surface area contributed by atoms with Crippen LogP contribution in [-0.2, 0) is 0 Å². The molecule has 8 heteroatoms. The van der Waals surface area contributed by atoms with E-state index in [1.54, 1.807) is 0 Å². The molecule has 0 amide bonds. The van der Waals surface area contributed by atoms with Crippen LogP contribution in [0.3, 0.4) is 0 Å². The summed E-state index contributed by atoms with van der Waals surface area (Å²) in [6, 6.07) is 57.0. The minimum atomic E-state index is 0.533. The summed E-state index contributed by atoms with van der Waals surface area (Å²) in [6.07, 6.45) is 0. The second-order valence-corrected chi connectivity index (χ2v) is 14.1. The van der Waals surface area contributed by atoms with Crippen LogP contribution in [0.5, 0.6) is 0 Å². The van der Waals surface area contributed by atoms with E-state index in [2.05, 4.69) is 53.1 Å². The Morgan fingerprint density at radius 3 is 1.70 bits per heavy atom. The Morgan fingerprint density at radius 1 is 0.368 bits per heavy atom. The van der Waals surface area contributed by atoms with Gasteiger partial charge < -0.3 is 8.83 Å². The topological polar surface area (TPSA) is 95.7 Å². The summed E-state index contributed by atoms with van der Waals surface area (Å²) in [5, 5.41) is 5.07. The maximum Gasteiger partial charge on any atom is 0.238 e. The van der Waals surface area contributed by atoms with Crippen LogP contribution in [0.4, 0.5) is 0 Å². The lowest BCUT2D eigenvalue weighted by molar-refractivity contribution is 0.663. The van der Waals surface area contributed by atoms with E-state index < -0.39 is 0 Å². The molecule has 0 saturated carbocycles. The van der Waals surface area contributed by atoms with E-state index in [1.165, 1.54) is 0 Å². The Morgan fingerprint density at radius 2 is 0.947 bits per heavy atom. The zero-order valence-corrected chi connectivity index (χ0v) is 30.2. The van der Waals surface area contributed by atoms with Crippen LogP contribution in [0, 0.1) is 0 Å². The molecule has 0 bridgehead atoms. The molecular formula is C49H28N6O2. The minimum Gasteiger partial charge on any atom is -0.455 e. The molecule has 57 heavy (non-hydrogen) atoms. The quantitative estimate of drug-likeness (QED) is 0.174. The number of furan rings is 2. The Balaban J connectivity index is 1.10. The third-order valence-electron chi connectivity index (χ3n) is 10.7. The largest absolute Gasteiger partial charge is 0.455 e. The van der Waals surface area contributed by atoms with Gasteiger partial charge in [0.2, 0.25) is 5.95 Å². The molecule has 0 unspecified atom stereocenters. The first kappa shape index (κ1) is 31.4. The lowest BCUT2D eigenvalue weighted by atomic mass is 10.0. The van der Waals surface area contributed by atoms with Crippen molar-refractivity contribution in [3.05, 3.63) is 170 Å². The van der Waals surface area contributed by atoms with Gasteiger partial charge in [0.25, 0.3) is 0 Å². The molecule has 8 nitrogen and oxygen atoms in total. The normalized spacial score (nSPS) is 11.9. The van der Waals surface area contributed by atoms with Gasteiger partial charge in [0, 0.05) is 49.2 Å². The standard InChI is InChI=1S/C49H28N6O2/c1-3-14-29(15-4-1)46-52-47(30-16-5-2-6-17-30)54-49(53-46)55-38-23-10-7-18-32(38)37-28-31(26-27-39(37)55)48-50-42-35-20-9-12-25-41(35)57-45(42)43(51-48)36-22-13-21-34-33-19-8-11-24-40(33)56-44(34)36/h1-28H. The first-order valence-corrected chi connectivity index (χ1v) is 18.8.